The van der Waals surface area contributed by atoms with Crippen molar-refractivity contribution in [2.45, 2.75) is 51.2 Å². The molecule has 0 aromatic heterocycles. The van der Waals surface area contributed by atoms with Gasteiger partial charge in [0, 0.05) is 12.6 Å². The van der Waals surface area contributed by atoms with E-state index in [1.807, 2.05) is 0 Å². The van der Waals surface area contributed by atoms with E-state index in [0.29, 0.717) is 5.92 Å². The van der Waals surface area contributed by atoms with Crippen LogP contribution in [-0.2, 0) is 0 Å². The minimum atomic E-state index is -4.17. The lowest BCUT2D eigenvalue weighted by molar-refractivity contribution is -0.153. The molecular formula is C12H22F3NO. The predicted molar refractivity (Wildman–Crippen MR) is 60.8 cm³/mol. The van der Waals surface area contributed by atoms with Crippen molar-refractivity contribution in [1.82, 2.24) is 4.90 Å². The smallest absolute Gasteiger partial charge is 0.395 e. The first kappa shape index (κ1) is 14.8. The third-order valence-electron chi connectivity index (χ3n) is 3.68. The molecule has 0 radical (unpaired) electrons. The van der Waals surface area contributed by atoms with Crippen molar-refractivity contribution in [2.75, 3.05) is 19.7 Å². The van der Waals surface area contributed by atoms with Gasteiger partial charge in [0.15, 0.2) is 0 Å². The van der Waals surface area contributed by atoms with E-state index in [0.717, 1.165) is 32.1 Å². The van der Waals surface area contributed by atoms with Gasteiger partial charge >= 0.3 is 6.18 Å². The van der Waals surface area contributed by atoms with E-state index >= 15 is 0 Å². The summed E-state index contributed by atoms with van der Waals surface area (Å²) in [7, 11) is 0. The van der Waals surface area contributed by atoms with Crippen molar-refractivity contribution in [3.8, 4) is 0 Å². The molecule has 1 rings (SSSR count). The van der Waals surface area contributed by atoms with Gasteiger partial charge in [-0.05, 0) is 31.6 Å². The molecule has 0 amide bonds. The third-order valence-corrected chi connectivity index (χ3v) is 3.68. The molecule has 1 fully saturated rings. The fraction of sp³-hybridized carbons (Fsp3) is 1.00. The van der Waals surface area contributed by atoms with Crippen LogP contribution in [0.4, 0.5) is 13.2 Å². The molecule has 0 aliphatic heterocycles. The first-order valence-corrected chi connectivity index (χ1v) is 6.38. The van der Waals surface area contributed by atoms with Gasteiger partial charge in [-0.1, -0.05) is 13.3 Å². The molecule has 2 nitrogen and oxygen atoms in total. The summed E-state index contributed by atoms with van der Waals surface area (Å²) in [5, 5.41) is 8.85. The van der Waals surface area contributed by atoms with Crippen LogP contribution in [0.25, 0.3) is 0 Å². The highest BCUT2D eigenvalue weighted by Gasteiger charge is 2.34. The Kier molecular flexibility index (Phi) is 5.73. The molecule has 0 bridgehead atoms. The van der Waals surface area contributed by atoms with E-state index in [9.17, 15) is 13.2 Å². The lowest BCUT2D eigenvalue weighted by atomic mass is 9.84. The molecule has 5 heteroatoms. The van der Waals surface area contributed by atoms with E-state index in [4.69, 9.17) is 5.11 Å². The Morgan fingerprint density at radius 1 is 1.18 bits per heavy atom. The highest BCUT2D eigenvalue weighted by atomic mass is 19.4. The van der Waals surface area contributed by atoms with Gasteiger partial charge in [0.2, 0.25) is 0 Å². The Bertz CT molecular complexity index is 212. The normalized spacial score (nSPS) is 26.5. The summed E-state index contributed by atoms with van der Waals surface area (Å²) in [5.74, 6) is 0.674. The van der Waals surface area contributed by atoms with E-state index in [1.54, 1.807) is 0 Å². The first-order chi connectivity index (χ1) is 7.96. The number of rotatable bonds is 5. The van der Waals surface area contributed by atoms with Crippen LogP contribution in [0.3, 0.4) is 0 Å². The van der Waals surface area contributed by atoms with E-state index < -0.39 is 12.7 Å². The van der Waals surface area contributed by atoms with Gasteiger partial charge in [0.05, 0.1) is 13.2 Å². The van der Waals surface area contributed by atoms with E-state index in [1.165, 1.54) is 4.90 Å². The first-order valence-electron chi connectivity index (χ1n) is 6.38. The van der Waals surface area contributed by atoms with Crippen molar-refractivity contribution in [1.29, 1.82) is 0 Å². The molecule has 17 heavy (non-hydrogen) atoms. The second-order valence-electron chi connectivity index (χ2n) is 4.89. The monoisotopic (exact) mass is 253 g/mol. The van der Waals surface area contributed by atoms with Crippen molar-refractivity contribution < 1.29 is 18.3 Å². The molecule has 1 aliphatic rings. The lowest BCUT2D eigenvalue weighted by Crippen LogP contribution is -2.44. The number of hydrogen-bond donors (Lipinski definition) is 1. The summed E-state index contributed by atoms with van der Waals surface area (Å²) < 4.78 is 37.2. The molecule has 1 saturated carbocycles. The van der Waals surface area contributed by atoms with E-state index in [-0.39, 0.29) is 19.2 Å². The maximum atomic E-state index is 12.4. The zero-order chi connectivity index (χ0) is 12.9. The van der Waals surface area contributed by atoms with Crippen LogP contribution in [0.5, 0.6) is 0 Å². The Morgan fingerprint density at radius 3 is 2.18 bits per heavy atom. The van der Waals surface area contributed by atoms with Gasteiger partial charge in [-0.25, -0.2) is 0 Å². The van der Waals surface area contributed by atoms with Gasteiger partial charge in [0.1, 0.15) is 0 Å². The van der Waals surface area contributed by atoms with Gasteiger partial charge in [0.25, 0.3) is 0 Å². The zero-order valence-electron chi connectivity index (χ0n) is 10.3. The fourth-order valence-corrected chi connectivity index (χ4v) is 2.67. The number of aliphatic hydroxyl groups excluding tert-OH is 1. The number of aliphatic hydroxyl groups is 1. The van der Waals surface area contributed by atoms with Crippen LogP contribution in [-0.4, -0.2) is 41.9 Å². The van der Waals surface area contributed by atoms with Crippen LogP contribution in [0.15, 0.2) is 0 Å². The summed E-state index contributed by atoms with van der Waals surface area (Å²) in [6.45, 7) is 1.16. The summed E-state index contributed by atoms with van der Waals surface area (Å²) >= 11 is 0. The van der Waals surface area contributed by atoms with Crippen molar-refractivity contribution in [3.05, 3.63) is 0 Å². The van der Waals surface area contributed by atoms with Gasteiger partial charge in [-0.15, -0.1) is 0 Å². The Morgan fingerprint density at radius 2 is 1.76 bits per heavy atom. The fourth-order valence-electron chi connectivity index (χ4n) is 2.67. The molecule has 0 atom stereocenters. The molecular weight excluding hydrogens is 231 g/mol. The van der Waals surface area contributed by atoms with Gasteiger partial charge in [-0.2, -0.15) is 13.2 Å². The van der Waals surface area contributed by atoms with Crippen LogP contribution >= 0.6 is 0 Å². The van der Waals surface area contributed by atoms with Crippen LogP contribution in [0, 0.1) is 5.92 Å². The predicted octanol–water partition coefficient (Wildman–Crippen LogP) is 2.81. The Balaban J connectivity index is 2.48. The Hall–Kier alpha value is -0.290. The Labute approximate surface area is 101 Å². The summed E-state index contributed by atoms with van der Waals surface area (Å²) in [4.78, 5) is 1.39. The van der Waals surface area contributed by atoms with Gasteiger partial charge in [-0.3, -0.25) is 4.90 Å². The summed E-state index contributed by atoms with van der Waals surface area (Å²) in [6, 6.07) is -0.00780. The SMILES string of the molecule is CCC1CCC(N(CCO)CC(F)(F)F)CC1. The maximum Gasteiger partial charge on any atom is 0.401 e. The number of nitrogens with zero attached hydrogens (tertiary/aromatic N) is 1. The van der Waals surface area contributed by atoms with Crippen LogP contribution in [0.1, 0.15) is 39.0 Å². The van der Waals surface area contributed by atoms with Crippen molar-refractivity contribution >= 4 is 0 Å². The minimum Gasteiger partial charge on any atom is -0.395 e. The molecule has 1 aliphatic carbocycles. The average Bonchev–Trinajstić information content (AvgIpc) is 2.27. The molecule has 0 saturated heterocycles. The van der Waals surface area contributed by atoms with Crippen LogP contribution < -0.4 is 0 Å². The number of alkyl halides is 3. The maximum absolute atomic E-state index is 12.4. The minimum absolute atomic E-state index is 0.00780. The molecule has 1 N–H and O–H groups in total. The van der Waals surface area contributed by atoms with Crippen molar-refractivity contribution in [2.24, 2.45) is 5.92 Å². The standard InChI is InChI=1S/C12H22F3NO/c1-2-10-3-5-11(6-4-10)16(7-8-17)9-12(13,14)15/h10-11,17H,2-9H2,1H3. The average molecular weight is 253 g/mol. The summed E-state index contributed by atoms with van der Waals surface area (Å²) in [5.41, 5.74) is 0. The second-order valence-corrected chi connectivity index (χ2v) is 4.89. The number of halogens is 3. The van der Waals surface area contributed by atoms with E-state index in [2.05, 4.69) is 6.92 Å². The molecule has 102 valence electrons. The molecule has 0 spiro atoms. The molecule has 0 aromatic rings. The van der Waals surface area contributed by atoms with Gasteiger partial charge < -0.3 is 5.11 Å². The number of hydrogen-bond acceptors (Lipinski definition) is 2. The molecule has 0 unspecified atom stereocenters. The topological polar surface area (TPSA) is 23.5 Å². The molecule has 0 heterocycles. The highest BCUT2D eigenvalue weighted by Crippen LogP contribution is 2.30. The quantitative estimate of drug-likeness (QED) is 0.814. The zero-order valence-corrected chi connectivity index (χ0v) is 10.3. The second kappa shape index (κ2) is 6.59. The van der Waals surface area contributed by atoms with Crippen molar-refractivity contribution in [3.63, 3.8) is 0 Å². The van der Waals surface area contributed by atoms with Crippen LogP contribution in [0.2, 0.25) is 0 Å². The largest absolute Gasteiger partial charge is 0.401 e. The third kappa shape index (κ3) is 5.25. The highest BCUT2D eigenvalue weighted by molar-refractivity contribution is 4.80. The summed E-state index contributed by atoms with van der Waals surface area (Å²) in [6.07, 6.45) is 0.633. The molecule has 0 aromatic carbocycles. The lowest BCUT2D eigenvalue weighted by Gasteiger charge is -2.36.